The third-order valence-corrected chi connectivity index (χ3v) is 6.67. The second-order valence-electron chi connectivity index (χ2n) is 7.17. The number of hydrogen-bond acceptors (Lipinski definition) is 5. The van der Waals surface area contributed by atoms with Crippen molar-refractivity contribution in [2.75, 3.05) is 58.8 Å². The highest BCUT2D eigenvalue weighted by atomic mass is 127. The molecule has 0 bridgehead atoms. The van der Waals surface area contributed by atoms with Gasteiger partial charge in [-0.2, -0.15) is 11.8 Å². The normalized spacial score (nSPS) is 21.3. The van der Waals surface area contributed by atoms with Gasteiger partial charge < -0.3 is 20.1 Å². The standard InChI is InChI=1S/C21H34N4O2S.HI/c1-3-22-21(23-15-19-5-4-14-28-19)24-16-20(25-10-12-27-13-11-25)17-6-8-18(26-2)9-7-17;/h6-9,19-20H,3-5,10-16H2,1-2H3,(H2,22,23,24);1H. The van der Waals surface area contributed by atoms with Crippen LogP contribution in [0.2, 0.25) is 0 Å². The first kappa shape index (κ1) is 24.6. The van der Waals surface area contributed by atoms with Gasteiger partial charge >= 0.3 is 0 Å². The smallest absolute Gasteiger partial charge is 0.191 e. The molecule has 3 rings (SSSR count). The topological polar surface area (TPSA) is 58.1 Å². The molecule has 0 amide bonds. The van der Waals surface area contributed by atoms with Gasteiger partial charge in [-0.1, -0.05) is 12.1 Å². The summed E-state index contributed by atoms with van der Waals surface area (Å²) >= 11 is 2.07. The molecule has 29 heavy (non-hydrogen) atoms. The predicted octanol–water partition coefficient (Wildman–Crippen LogP) is 3.14. The molecule has 2 unspecified atom stereocenters. The Kier molecular flexibility index (Phi) is 11.5. The minimum absolute atomic E-state index is 0. The summed E-state index contributed by atoms with van der Waals surface area (Å²) in [5.41, 5.74) is 1.27. The number of guanidine groups is 1. The molecule has 2 saturated heterocycles. The number of nitrogens with zero attached hydrogens (tertiary/aromatic N) is 2. The molecule has 2 atom stereocenters. The molecule has 6 nitrogen and oxygen atoms in total. The molecule has 0 aliphatic carbocycles. The van der Waals surface area contributed by atoms with Gasteiger partial charge in [0.2, 0.25) is 0 Å². The van der Waals surface area contributed by atoms with Crippen molar-refractivity contribution in [3.05, 3.63) is 29.8 Å². The molecule has 8 heteroatoms. The number of thioether (sulfide) groups is 1. The van der Waals surface area contributed by atoms with E-state index >= 15 is 0 Å². The number of benzene rings is 1. The average molecular weight is 535 g/mol. The SMILES string of the molecule is CCNC(=NCC(c1ccc(OC)cc1)N1CCOCC1)NCC1CCCS1.I. The van der Waals surface area contributed by atoms with Crippen LogP contribution in [-0.2, 0) is 4.74 Å². The number of halogens is 1. The van der Waals surface area contributed by atoms with E-state index in [1.54, 1.807) is 7.11 Å². The Morgan fingerprint density at radius 3 is 2.66 bits per heavy atom. The molecule has 2 heterocycles. The lowest BCUT2D eigenvalue weighted by atomic mass is 10.0. The number of ether oxygens (including phenoxy) is 2. The minimum atomic E-state index is 0. The van der Waals surface area contributed by atoms with Crippen LogP contribution >= 0.6 is 35.7 Å². The van der Waals surface area contributed by atoms with Crippen molar-refractivity contribution in [2.45, 2.75) is 31.1 Å². The van der Waals surface area contributed by atoms with Gasteiger partial charge in [0.15, 0.2) is 5.96 Å². The molecule has 0 saturated carbocycles. The number of nitrogens with one attached hydrogen (secondary N) is 2. The molecule has 0 aromatic heterocycles. The van der Waals surface area contributed by atoms with E-state index in [-0.39, 0.29) is 30.0 Å². The Morgan fingerprint density at radius 2 is 2.03 bits per heavy atom. The fraction of sp³-hybridized carbons (Fsp3) is 0.667. The molecule has 2 fully saturated rings. The van der Waals surface area contributed by atoms with Gasteiger partial charge in [0.05, 0.1) is 32.9 Å². The van der Waals surface area contributed by atoms with Crippen LogP contribution in [0.5, 0.6) is 5.75 Å². The van der Waals surface area contributed by atoms with Gasteiger partial charge in [-0.3, -0.25) is 9.89 Å². The van der Waals surface area contributed by atoms with E-state index in [2.05, 4.69) is 46.4 Å². The van der Waals surface area contributed by atoms with Crippen molar-refractivity contribution in [1.29, 1.82) is 0 Å². The summed E-state index contributed by atoms with van der Waals surface area (Å²) in [4.78, 5) is 7.42. The van der Waals surface area contributed by atoms with Crippen LogP contribution in [0.25, 0.3) is 0 Å². The van der Waals surface area contributed by atoms with Crippen molar-refractivity contribution in [3.63, 3.8) is 0 Å². The largest absolute Gasteiger partial charge is 0.497 e. The van der Waals surface area contributed by atoms with Crippen LogP contribution < -0.4 is 15.4 Å². The number of rotatable bonds is 8. The highest BCUT2D eigenvalue weighted by Crippen LogP contribution is 2.26. The molecular weight excluding hydrogens is 499 g/mol. The van der Waals surface area contributed by atoms with Crippen LogP contribution in [0.4, 0.5) is 0 Å². The quantitative estimate of drug-likeness (QED) is 0.304. The lowest BCUT2D eigenvalue weighted by Gasteiger charge is -2.34. The Hall–Kier alpha value is -0.710. The zero-order valence-corrected chi connectivity index (χ0v) is 20.7. The second kappa shape index (κ2) is 13.6. The van der Waals surface area contributed by atoms with E-state index in [0.717, 1.165) is 57.6 Å². The van der Waals surface area contributed by atoms with Gasteiger partial charge in [-0.05, 0) is 43.2 Å². The van der Waals surface area contributed by atoms with Crippen LogP contribution in [0, 0.1) is 0 Å². The summed E-state index contributed by atoms with van der Waals surface area (Å²) in [6.07, 6.45) is 2.64. The minimum Gasteiger partial charge on any atom is -0.497 e. The van der Waals surface area contributed by atoms with E-state index in [1.807, 2.05) is 12.1 Å². The molecule has 0 spiro atoms. The maximum atomic E-state index is 5.56. The fourth-order valence-electron chi connectivity index (χ4n) is 3.68. The average Bonchev–Trinajstić information content (AvgIpc) is 3.27. The summed E-state index contributed by atoms with van der Waals surface area (Å²) in [5.74, 6) is 3.09. The number of aliphatic imine (C=N–C) groups is 1. The molecule has 2 aliphatic rings. The van der Waals surface area contributed by atoms with E-state index in [4.69, 9.17) is 14.5 Å². The zero-order chi connectivity index (χ0) is 19.6. The first-order valence-corrected chi connectivity index (χ1v) is 11.4. The van der Waals surface area contributed by atoms with Crippen LogP contribution in [0.3, 0.4) is 0 Å². The molecular formula is C21H35IN4O2S. The molecule has 164 valence electrons. The number of methoxy groups -OCH3 is 1. The Morgan fingerprint density at radius 1 is 1.28 bits per heavy atom. The first-order valence-electron chi connectivity index (χ1n) is 10.4. The summed E-state index contributed by atoms with van der Waals surface area (Å²) in [7, 11) is 1.70. The van der Waals surface area contributed by atoms with Gasteiger partial charge in [-0.15, -0.1) is 24.0 Å². The Bertz CT molecular complexity index is 605. The Balaban J connectivity index is 0.00000300. The summed E-state index contributed by atoms with van der Waals surface area (Å²) in [6.45, 7) is 8.14. The fourth-order valence-corrected chi connectivity index (χ4v) is 4.88. The third kappa shape index (κ3) is 7.80. The van der Waals surface area contributed by atoms with Gasteiger partial charge in [0.25, 0.3) is 0 Å². The monoisotopic (exact) mass is 534 g/mol. The van der Waals surface area contributed by atoms with Crippen molar-refractivity contribution in [1.82, 2.24) is 15.5 Å². The van der Waals surface area contributed by atoms with Gasteiger partial charge in [-0.25, -0.2) is 0 Å². The molecule has 0 radical (unpaired) electrons. The van der Waals surface area contributed by atoms with E-state index in [0.29, 0.717) is 5.25 Å². The molecule has 2 aliphatic heterocycles. The lowest BCUT2D eigenvalue weighted by Crippen LogP contribution is -2.42. The zero-order valence-electron chi connectivity index (χ0n) is 17.6. The maximum absolute atomic E-state index is 5.56. The summed E-state index contributed by atoms with van der Waals surface area (Å²) < 4.78 is 10.9. The van der Waals surface area contributed by atoms with Crippen molar-refractivity contribution in [3.8, 4) is 5.75 Å². The number of hydrogen-bond donors (Lipinski definition) is 2. The predicted molar refractivity (Wildman–Crippen MR) is 133 cm³/mol. The van der Waals surface area contributed by atoms with Crippen LogP contribution in [-0.4, -0.2) is 74.9 Å². The summed E-state index contributed by atoms with van der Waals surface area (Å²) in [5, 5.41) is 7.66. The van der Waals surface area contributed by atoms with E-state index < -0.39 is 0 Å². The van der Waals surface area contributed by atoms with Crippen molar-refractivity contribution < 1.29 is 9.47 Å². The van der Waals surface area contributed by atoms with Crippen molar-refractivity contribution >= 4 is 41.7 Å². The van der Waals surface area contributed by atoms with Gasteiger partial charge in [0, 0.05) is 31.4 Å². The molecule has 1 aromatic rings. The first-order chi connectivity index (χ1) is 13.8. The van der Waals surface area contributed by atoms with Crippen LogP contribution in [0.15, 0.2) is 29.3 Å². The summed E-state index contributed by atoms with van der Waals surface area (Å²) in [6, 6.07) is 8.63. The van der Waals surface area contributed by atoms with E-state index in [9.17, 15) is 0 Å². The third-order valence-electron chi connectivity index (χ3n) is 5.27. The second-order valence-corrected chi connectivity index (χ2v) is 8.58. The maximum Gasteiger partial charge on any atom is 0.191 e. The van der Waals surface area contributed by atoms with E-state index in [1.165, 1.54) is 24.2 Å². The Labute approximate surface area is 196 Å². The highest BCUT2D eigenvalue weighted by molar-refractivity contribution is 14.0. The lowest BCUT2D eigenvalue weighted by molar-refractivity contribution is 0.0179. The van der Waals surface area contributed by atoms with Gasteiger partial charge in [0.1, 0.15) is 5.75 Å². The highest BCUT2D eigenvalue weighted by Gasteiger charge is 2.23. The van der Waals surface area contributed by atoms with Crippen LogP contribution in [0.1, 0.15) is 31.4 Å². The molecule has 1 aromatic carbocycles. The number of morpholine rings is 1. The van der Waals surface area contributed by atoms with Crippen molar-refractivity contribution in [2.24, 2.45) is 4.99 Å². The molecule has 2 N–H and O–H groups in total.